The minimum Gasteiger partial charge on any atom is -0.367 e. The van der Waals surface area contributed by atoms with E-state index in [0.717, 1.165) is 49.5 Å². The van der Waals surface area contributed by atoms with Gasteiger partial charge in [-0.05, 0) is 34.0 Å². The molecule has 1 saturated heterocycles. The van der Waals surface area contributed by atoms with Gasteiger partial charge in [-0.1, -0.05) is 25.1 Å². The summed E-state index contributed by atoms with van der Waals surface area (Å²) in [5, 5.41) is 7.12. The summed E-state index contributed by atoms with van der Waals surface area (Å²) in [5.74, 6) is 0.000720. The van der Waals surface area contributed by atoms with E-state index in [1.807, 2.05) is 24.3 Å². The molecule has 8 heteroatoms. The summed E-state index contributed by atoms with van der Waals surface area (Å²) in [6.45, 7) is 5.43. The molecule has 1 amide bonds. The van der Waals surface area contributed by atoms with Crippen LogP contribution >= 0.6 is 15.9 Å². The van der Waals surface area contributed by atoms with Crippen molar-refractivity contribution < 1.29 is 4.79 Å². The van der Waals surface area contributed by atoms with Crippen molar-refractivity contribution in [1.82, 2.24) is 14.7 Å². The number of hydrogen-bond donors (Lipinski definition) is 1. The van der Waals surface area contributed by atoms with E-state index in [2.05, 4.69) is 43.1 Å². The molecular weight excluding hydrogens is 410 g/mol. The fourth-order valence-electron chi connectivity index (χ4n) is 3.21. The van der Waals surface area contributed by atoms with Gasteiger partial charge < -0.3 is 10.2 Å². The zero-order valence-corrected chi connectivity index (χ0v) is 17.2. The predicted molar refractivity (Wildman–Crippen MR) is 110 cm³/mol. The number of piperazine rings is 1. The lowest BCUT2D eigenvalue weighted by Gasteiger charge is -2.35. The quantitative estimate of drug-likeness (QED) is 0.778. The first-order chi connectivity index (χ1) is 13.0. The number of hydrogen-bond acceptors (Lipinski definition) is 5. The number of benzene rings is 1. The molecule has 1 N–H and O–H groups in total. The Morgan fingerprint density at radius 1 is 1.22 bits per heavy atom. The molecule has 2 aromatic rings. The Morgan fingerprint density at radius 2 is 1.93 bits per heavy atom. The standard InChI is InChI=1S/C19H24BrN5O2/c1-3-14-6-4-5-7-15(14)22-17(26)13-24-8-10-25(11-9-24)16-12-21-23(2)19(27)18(16)20/h4-7,12H,3,8-11,13H2,1-2H3,(H,22,26). The first-order valence-corrected chi connectivity index (χ1v) is 9.85. The third kappa shape index (κ3) is 4.56. The highest BCUT2D eigenvalue weighted by molar-refractivity contribution is 9.10. The molecule has 1 fully saturated rings. The van der Waals surface area contributed by atoms with E-state index in [1.54, 1.807) is 13.2 Å². The number of nitrogens with one attached hydrogen (secondary N) is 1. The number of para-hydroxylation sites is 1. The van der Waals surface area contributed by atoms with Crippen molar-refractivity contribution in [2.24, 2.45) is 7.05 Å². The van der Waals surface area contributed by atoms with Gasteiger partial charge >= 0.3 is 0 Å². The van der Waals surface area contributed by atoms with Crippen LogP contribution in [0.15, 0.2) is 39.7 Å². The number of nitrogens with zero attached hydrogens (tertiary/aromatic N) is 4. The number of anilines is 2. The maximum absolute atomic E-state index is 12.4. The molecule has 1 aromatic carbocycles. The lowest BCUT2D eigenvalue weighted by atomic mass is 10.1. The largest absolute Gasteiger partial charge is 0.367 e. The van der Waals surface area contributed by atoms with Gasteiger partial charge in [-0.25, -0.2) is 4.68 Å². The van der Waals surface area contributed by atoms with Crippen LogP contribution in [0.25, 0.3) is 0 Å². The van der Waals surface area contributed by atoms with Crippen molar-refractivity contribution in [3.63, 3.8) is 0 Å². The Morgan fingerprint density at radius 3 is 2.63 bits per heavy atom. The van der Waals surface area contributed by atoms with Crippen LogP contribution in [0.3, 0.4) is 0 Å². The van der Waals surface area contributed by atoms with Crippen molar-refractivity contribution in [2.75, 3.05) is 42.9 Å². The predicted octanol–water partition coefficient (Wildman–Crippen LogP) is 1.87. The number of aryl methyl sites for hydroxylation is 2. The molecule has 27 heavy (non-hydrogen) atoms. The highest BCUT2D eigenvalue weighted by Crippen LogP contribution is 2.22. The molecule has 0 saturated carbocycles. The Bertz CT molecular complexity index is 875. The van der Waals surface area contributed by atoms with E-state index >= 15 is 0 Å². The lowest BCUT2D eigenvalue weighted by Crippen LogP contribution is -2.49. The molecule has 0 atom stereocenters. The van der Waals surface area contributed by atoms with Crippen LogP contribution in [0.2, 0.25) is 0 Å². The van der Waals surface area contributed by atoms with Crippen LogP contribution in [-0.2, 0) is 18.3 Å². The van der Waals surface area contributed by atoms with Crippen LogP contribution in [0, 0.1) is 0 Å². The number of carbonyl (C=O) groups is 1. The van der Waals surface area contributed by atoms with Crippen LogP contribution in [0.4, 0.5) is 11.4 Å². The smallest absolute Gasteiger partial charge is 0.282 e. The molecule has 0 radical (unpaired) electrons. The van der Waals surface area contributed by atoms with Gasteiger partial charge in [0, 0.05) is 38.9 Å². The van der Waals surface area contributed by atoms with Crippen molar-refractivity contribution in [2.45, 2.75) is 13.3 Å². The molecule has 3 rings (SSSR count). The highest BCUT2D eigenvalue weighted by atomic mass is 79.9. The van der Waals surface area contributed by atoms with Gasteiger partial charge in [-0.3, -0.25) is 14.5 Å². The van der Waals surface area contributed by atoms with E-state index < -0.39 is 0 Å². The Kier molecular flexibility index (Phi) is 6.28. The minimum absolute atomic E-state index is 0.000720. The number of aromatic nitrogens is 2. The highest BCUT2D eigenvalue weighted by Gasteiger charge is 2.22. The van der Waals surface area contributed by atoms with E-state index in [9.17, 15) is 9.59 Å². The number of amides is 1. The maximum Gasteiger partial charge on any atom is 0.282 e. The normalized spacial score (nSPS) is 15.0. The minimum atomic E-state index is -0.149. The maximum atomic E-state index is 12.4. The van der Waals surface area contributed by atoms with Gasteiger partial charge in [0.2, 0.25) is 5.91 Å². The third-order valence-corrected chi connectivity index (χ3v) is 5.56. The number of carbonyl (C=O) groups excluding carboxylic acids is 1. The first-order valence-electron chi connectivity index (χ1n) is 9.06. The molecule has 144 valence electrons. The topological polar surface area (TPSA) is 70.5 Å². The fraction of sp³-hybridized carbons (Fsp3) is 0.421. The Labute approximate surface area is 167 Å². The zero-order valence-electron chi connectivity index (χ0n) is 15.6. The van der Waals surface area contributed by atoms with Gasteiger partial charge in [0.1, 0.15) is 4.47 Å². The van der Waals surface area contributed by atoms with Crippen LogP contribution < -0.4 is 15.8 Å². The fourth-order valence-corrected chi connectivity index (χ4v) is 3.82. The van der Waals surface area contributed by atoms with Crippen molar-refractivity contribution in [3.05, 3.63) is 50.9 Å². The Balaban J connectivity index is 1.56. The summed E-state index contributed by atoms with van der Waals surface area (Å²) < 4.78 is 1.84. The van der Waals surface area contributed by atoms with Gasteiger partial charge in [0.05, 0.1) is 18.4 Å². The molecule has 0 unspecified atom stereocenters. The third-order valence-electron chi connectivity index (χ3n) is 4.81. The molecule has 0 spiro atoms. The van der Waals surface area contributed by atoms with Gasteiger partial charge in [-0.15, -0.1) is 0 Å². The lowest BCUT2D eigenvalue weighted by molar-refractivity contribution is -0.117. The Hall–Kier alpha value is -2.19. The van der Waals surface area contributed by atoms with Gasteiger partial charge in [-0.2, -0.15) is 5.10 Å². The molecule has 7 nitrogen and oxygen atoms in total. The molecule has 0 aliphatic carbocycles. The molecule has 2 heterocycles. The second-order valence-corrected chi connectivity index (χ2v) is 7.39. The molecule has 1 aliphatic rings. The first kappa shape index (κ1) is 19.6. The van der Waals surface area contributed by atoms with E-state index in [-0.39, 0.29) is 11.5 Å². The summed E-state index contributed by atoms with van der Waals surface area (Å²) in [6, 6.07) is 7.89. The SMILES string of the molecule is CCc1ccccc1NC(=O)CN1CCN(c2cnn(C)c(=O)c2Br)CC1. The molecular formula is C19H24BrN5O2. The summed E-state index contributed by atoms with van der Waals surface area (Å²) in [5.41, 5.74) is 2.68. The molecule has 1 aliphatic heterocycles. The van der Waals surface area contributed by atoms with Crippen molar-refractivity contribution in [3.8, 4) is 0 Å². The monoisotopic (exact) mass is 433 g/mol. The van der Waals surface area contributed by atoms with E-state index in [1.165, 1.54) is 4.68 Å². The average Bonchev–Trinajstić information content (AvgIpc) is 2.67. The second kappa shape index (κ2) is 8.67. The van der Waals surface area contributed by atoms with Crippen molar-refractivity contribution >= 4 is 33.2 Å². The van der Waals surface area contributed by atoms with Crippen LogP contribution in [0.5, 0.6) is 0 Å². The van der Waals surface area contributed by atoms with Gasteiger partial charge in [0.15, 0.2) is 0 Å². The summed E-state index contributed by atoms with van der Waals surface area (Å²) in [7, 11) is 1.63. The molecule has 0 bridgehead atoms. The van der Waals surface area contributed by atoms with Gasteiger partial charge in [0.25, 0.3) is 5.56 Å². The van der Waals surface area contributed by atoms with Crippen LogP contribution in [-0.4, -0.2) is 53.3 Å². The number of rotatable bonds is 5. The van der Waals surface area contributed by atoms with Crippen LogP contribution in [0.1, 0.15) is 12.5 Å². The van der Waals surface area contributed by atoms with E-state index in [0.29, 0.717) is 11.0 Å². The summed E-state index contributed by atoms with van der Waals surface area (Å²) >= 11 is 3.38. The van der Waals surface area contributed by atoms with E-state index in [4.69, 9.17) is 0 Å². The van der Waals surface area contributed by atoms with Crippen molar-refractivity contribution in [1.29, 1.82) is 0 Å². The summed E-state index contributed by atoms with van der Waals surface area (Å²) in [4.78, 5) is 28.7. The number of halogens is 1. The average molecular weight is 434 g/mol. The summed E-state index contributed by atoms with van der Waals surface area (Å²) in [6.07, 6.45) is 2.59. The zero-order chi connectivity index (χ0) is 19.4. The molecule has 1 aromatic heterocycles. The second-order valence-electron chi connectivity index (χ2n) is 6.59.